The maximum atomic E-state index is 8.41. The zero-order valence-corrected chi connectivity index (χ0v) is 5.46. The molecule has 0 aromatic carbocycles. The fourth-order valence-corrected chi connectivity index (χ4v) is 0.810. The largest absolute Gasteiger partial charge is 0.192 e. The molecule has 1 aliphatic rings. The van der Waals surface area contributed by atoms with Gasteiger partial charge >= 0.3 is 0 Å². The van der Waals surface area contributed by atoms with Gasteiger partial charge in [0.2, 0.25) is 0 Å². The first-order valence-electron chi connectivity index (χ1n) is 3.11. The van der Waals surface area contributed by atoms with E-state index in [0.717, 1.165) is 12.0 Å². The summed E-state index contributed by atoms with van der Waals surface area (Å²) in [4.78, 5) is 0. The van der Waals surface area contributed by atoms with Crippen LogP contribution < -0.4 is 0 Å². The SMILES string of the molecule is B[C@@H]1C=CC(C#N)=CC1. The van der Waals surface area contributed by atoms with Gasteiger partial charge in [-0.05, 0) is 18.3 Å². The quantitative estimate of drug-likeness (QED) is 0.431. The molecule has 0 amide bonds. The number of allylic oxidation sites excluding steroid dienone is 4. The molecule has 0 saturated heterocycles. The van der Waals surface area contributed by atoms with Crippen molar-refractivity contribution < 1.29 is 0 Å². The fraction of sp³-hybridized carbons (Fsp3) is 0.286. The molecule has 0 aromatic heterocycles. The van der Waals surface area contributed by atoms with Crippen molar-refractivity contribution in [3.8, 4) is 6.07 Å². The van der Waals surface area contributed by atoms with Crippen molar-refractivity contribution in [2.45, 2.75) is 12.2 Å². The topological polar surface area (TPSA) is 23.8 Å². The standard InChI is InChI=1S/C7H8BN/c8-7-3-1-6(5-9)2-4-7/h1-3,7H,4,8H2/t7-/m1/s1. The van der Waals surface area contributed by atoms with Gasteiger partial charge in [-0.2, -0.15) is 5.26 Å². The lowest BCUT2D eigenvalue weighted by atomic mass is 9.81. The van der Waals surface area contributed by atoms with Crippen molar-refractivity contribution >= 4 is 7.85 Å². The molecule has 1 atom stereocenters. The van der Waals surface area contributed by atoms with Crippen molar-refractivity contribution in [3.63, 3.8) is 0 Å². The van der Waals surface area contributed by atoms with Crippen LogP contribution in [0.1, 0.15) is 6.42 Å². The fourth-order valence-electron chi connectivity index (χ4n) is 0.810. The van der Waals surface area contributed by atoms with Gasteiger partial charge in [0.1, 0.15) is 7.85 Å². The third-order valence-corrected chi connectivity index (χ3v) is 1.44. The Bertz CT molecular complexity index is 197. The van der Waals surface area contributed by atoms with E-state index in [0.29, 0.717) is 5.82 Å². The van der Waals surface area contributed by atoms with E-state index in [9.17, 15) is 0 Å². The molecule has 0 aliphatic heterocycles. The van der Waals surface area contributed by atoms with Gasteiger partial charge < -0.3 is 0 Å². The van der Waals surface area contributed by atoms with Crippen LogP contribution in [0.25, 0.3) is 0 Å². The molecule has 0 radical (unpaired) electrons. The van der Waals surface area contributed by atoms with Gasteiger partial charge in [-0.25, -0.2) is 0 Å². The molecule has 0 N–H and O–H groups in total. The molecule has 1 nitrogen and oxygen atoms in total. The van der Waals surface area contributed by atoms with E-state index in [2.05, 4.69) is 20.0 Å². The summed E-state index contributed by atoms with van der Waals surface area (Å²) in [5, 5.41) is 8.41. The lowest BCUT2D eigenvalue weighted by Gasteiger charge is -2.05. The Kier molecular flexibility index (Phi) is 1.74. The summed E-state index contributed by atoms with van der Waals surface area (Å²) in [6.07, 6.45) is 6.94. The number of hydrogen-bond donors (Lipinski definition) is 0. The van der Waals surface area contributed by atoms with Crippen LogP contribution in [0.15, 0.2) is 23.8 Å². The Morgan fingerprint density at radius 2 is 2.56 bits per heavy atom. The van der Waals surface area contributed by atoms with E-state index in [1.54, 1.807) is 0 Å². The van der Waals surface area contributed by atoms with Gasteiger partial charge in [0.05, 0.1) is 6.07 Å². The van der Waals surface area contributed by atoms with Crippen molar-refractivity contribution in [1.29, 1.82) is 5.26 Å². The van der Waals surface area contributed by atoms with Gasteiger partial charge in [0.15, 0.2) is 0 Å². The summed E-state index contributed by atoms with van der Waals surface area (Å²) in [5.41, 5.74) is 0.799. The molecule has 0 fully saturated rings. The first-order valence-corrected chi connectivity index (χ1v) is 3.11. The minimum atomic E-state index is 0.613. The maximum Gasteiger partial charge on any atom is 0.110 e. The predicted molar refractivity (Wildman–Crippen MR) is 39.7 cm³/mol. The van der Waals surface area contributed by atoms with Gasteiger partial charge in [0, 0.05) is 5.57 Å². The number of rotatable bonds is 0. The van der Waals surface area contributed by atoms with Gasteiger partial charge in [-0.15, -0.1) is 0 Å². The lowest BCUT2D eigenvalue weighted by molar-refractivity contribution is 1.02. The molecule has 0 bridgehead atoms. The van der Waals surface area contributed by atoms with Crippen molar-refractivity contribution in [2.24, 2.45) is 0 Å². The summed E-state index contributed by atoms with van der Waals surface area (Å²) in [6.45, 7) is 0. The van der Waals surface area contributed by atoms with E-state index < -0.39 is 0 Å². The average Bonchev–Trinajstić information content (AvgIpc) is 1.90. The van der Waals surface area contributed by atoms with Crippen LogP contribution in [0, 0.1) is 11.3 Å². The molecule has 1 aliphatic carbocycles. The Morgan fingerprint density at radius 1 is 1.78 bits per heavy atom. The molecule has 0 aromatic rings. The molecule has 0 heterocycles. The van der Waals surface area contributed by atoms with Gasteiger partial charge in [-0.3, -0.25) is 0 Å². The highest BCUT2D eigenvalue weighted by Crippen LogP contribution is 2.16. The summed E-state index contributed by atoms with van der Waals surface area (Å²) in [7, 11) is 2.14. The highest BCUT2D eigenvalue weighted by molar-refractivity contribution is 6.13. The molecule has 0 unspecified atom stereocenters. The van der Waals surface area contributed by atoms with Crippen LogP contribution in [-0.4, -0.2) is 7.85 Å². The summed E-state index contributed by atoms with van der Waals surface area (Å²) in [5.74, 6) is 0.613. The normalized spacial score (nSPS) is 24.8. The second-order valence-electron chi connectivity index (χ2n) is 2.34. The summed E-state index contributed by atoms with van der Waals surface area (Å²) >= 11 is 0. The third-order valence-electron chi connectivity index (χ3n) is 1.44. The highest BCUT2D eigenvalue weighted by atomic mass is 14.2. The predicted octanol–water partition coefficient (Wildman–Crippen LogP) is 0.818. The second kappa shape index (κ2) is 2.54. The van der Waals surface area contributed by atoms with Gasteiger partial charge in [0.25, 0.3) is 0 Å². The van der Waals surface area contributed by atoms with Crippen LogP contribution >= 0.6 is 0 Å². The minimum Gasteiger partial charge on any atom is -0.192 e. The number of nitriles is 1. The third kappa shape index (κ3) is 1.46. The average molecular weight is 117 g/mol. The second-order valence-corrected chi connectivity index (χ2v) is 2.34. The molecule has 9 heavy (non-hydrogen) atoms. The summed E-state index contributed by atoms with van der Waals surface area (Å²) in [6, 6.07) is 2.10. The Hall–Kier alpha value is -0.965. The minimum absolute atomic E-state index is 0.613. The van der Waals surface area contributed by atoms with E-state index in [-0.39, 0.29) is 0 Å². The lowest BCUT2D eigenvalue weighted by Crippen LogP contribution is -1.90. The van der Waals surface area contributed by atoms with Gasteiger partial charge in [-0.1, -0.05) is 12.2 Å². The van der Waals surface area contributed by atoms with E-state index in [1.807, 2.05) is 12.2 Å². The molecule has 0 spiro atoms. The maximum absolute atomic E-state index is 8.41. The zero-order chi connectivity index (χ0) is 6.69. The first kappa shape index (κ1) is 6.16. The highest BCUT2D eigenvalue weighted by Gasteiger charge is 2.00. The van der Waals surface area contributed by atoms with Crippen molar-refractivity contribution in [3.05, 3.63) is 23.8 Å². The molecule has 44 valence electrons. The zero-order valence-electron chi connectivity index (χ0n) is 5.46. The number of hydrogen-bond acceptors (Lipinski definition) is 1. The first-order chi connectivity index (χ1) is 4.33. The molecule has 2 heteroatoms. The van der Waals surface area contributed by atoms with E-state index in [1.165, 1.54) is 0 Å². The van der Waals surface area contributed by atoms with Crippen molar-refractivity contribution in [2.75, 3.05) is 0 Å². The van der Waals surface area contributed by atoms with Crippen LogP contribution in [0.2, 0.25) is 5.82 Å². The Labute approximate surface area is 56.1 Å². The van der Waals surface area contributed by atoms with Crippen LogP contribution in [0.4, 0.5) is 0 Å². The van der Waals surface area contributed by atoms with Crippen molar-refractivity contribution in [1.82, 2.24) is 0 Å². The smallest absolute Gasteiger partial charge is 0.110 e. The monoisotopic (exact) mass is 117 g/mol. The van der Waals surface area contributed by atoms with Crippen LogP contribution in [-0.2, 0) is 0 Å². The molecule has 1 rings (SSSR count). The Balaban J connectivity index is 2.66. The molecular formula is C7H8BN. The molecule has 0 saturated carbocycles. The van der Waals surface area contributed by atoms with Crippen LogP contribution in [0.3, 0.4) is 0 Å². The van der Waals surface area contributed by atoms with E-state index >= 15 is 0 Å². The number of nitrogens with zero attached hydrogens (tertiary/aromatic N) is 1. The summed E-state index contributed by atoms with van der Waals surface area (Å²) < 4.78 is 0. The Morgan fingerprint density at radius 3 is 3.00 bits per heavy atom. The molecular weight excluding hydrogens is 109 g/mol. The van der Waals surface area contributed by atoms with Crippen LogP contribution in [0.5, 0.6) is 0 Å². The van der Waals surface area contributed by atoms with E-state index in [4.69, 9.17) is 5.26 Å².